The highest BCUT2D eigenvalue weighted by Crippen LogP contribution is 2.23. The van der Waals surface area contributed by atoms with E-state index in [-0.39, 0.29) is 16.5 Å². The molecule has 0 bridgehead atoms. The topological polar surface area (TPSA) is 81.9 Å². The molecule has 0 unspecified atom stereocenters. The van der Waals surface area contributed by atoms with Crippen LogP contribution in [0.25, 0.3) is 12.2 Å². The molecular weight excluding hydrogens is 376 g/mol. The maximum absolute atomic E-state index is 12.1. The first kappa shape index (κ1) is 19.2. The van der Waals surface area contributed by atoms with E-state index in [2.05, 4.69) is 10.5 Å². The van der Waals surface area contributed by atoms with Crippen LogP contribution in [0.15, 0.2) is 71.8 Å². The van der Waals surface area contributed by atoms with Gasteiger partial charge in [0.2, 0.25) is 0 Å². The fourth-order valence-electron chi connectivity index (χ4n) is 2.44. The minimum absolute atomic E-state index is 0.0858. The van der Waals surface area contributed by atoms with Crippen LogP contribution >= 0.6 is 11.6 Å². The van der Waals surface area contributed by atoms with Crippen molar-refractivity contribution in [3.63, 3.8) is 0 Å². The van der Waals surface area contributed by atoms with Crippen molar-refractivity contribution in [3.05, 3.63) is 94.0 Å². The number of nitrogens with one attached hydrogen (secondary N) is 1. The van der Waals surface area contributed by atoms with Crippen LogP contribution < -0.4 is 5.43 Å². The fourth-order valence-corrected chi connectivity index (χ4v) is 2.62. The van der Waals surface area contributed by atoms with Gasteiger partial charge in [-0.1, -0.05) is 54.1 Å². The molecule has 3 N–H and O–H groups in total. The molecule has 0 heterocycles. The predicted molar refractivity (Wildman–Crippen MR) is 112 cm³/mol. The normalized spacial score (nSPS) is 11.2. The van der Waals surface area contributed by atoms with Gasteiger partial charge < -0.3 is 10.2 Å². The zero-order valence-corrected chi connectivity index (χ0v) is 15.5. The highest BCUT2D eigenvalue weighted by atomic mass is 35.5. The number of rotatable bonds is 5. The lowest BCUT2D eigenvalue weighted by atomic mass is 10.1. The number of phenolic OH excluding ortho intramolecular Hbond substituents is 2. The zero-order chi connectivity index (χ0) is 19.9. The molecule has 3 rings (SSSR count). The van der Waals surface area contributed by atoms with Crippen molar-refractivity contribution in [1.29, 1.82) is 0 Å². The summed E-state index contributed by atoms with van der Waals surface area (Å²) in [5, 5.41) is 23.0. The maximum Gasteiger partial charge on any atom is 0.271 e. The summed E-state index contributed by atoms with van der Waals surface area (Å²) in [5.74, 6) is -0.302. The van der Waals surface area contributed by atoms with Crippen molar-refractivity contribution in [2.24, 2.45) is 5.10 Å². The second-order valence-corrected chi connectivity index (χ2v) is 6.37. The zero-order valence-electron chi connectivity index (χ0n) is 14.7. The van der Waals surface area contributed by atoms with Crippen LogP contribution in [0.2, 0.25) is 5.02 Å². The van der Waals surface area contributed by atoms with Gasteiger partial charge in [-0.3, -0.25) is 4.79 Å². The van der Waals surface area contributed by atoms with E-state index < -0.39 is 5.91 Å². The lowest BCUT2D eigenvalue weighted by Crippen LogP contribution is -2.17. The number of hydrazone groups is 1. The summed E-state index contributed by atoms with van der Waals surface area (Å²) < 4.78 is 0. The van der Waals surface area contributed by atoms with Gasteiger partial charge in [-0.15, -0.1) is 0 Å². The Morgan fingerprint density at radius 2 is 1.57 bits per heavy atom. The summed E-state index contributed by atoms with van der Waals surface area (Å²) in [6.07, 6.45) is 5.35. The minimum atomic E-state index is -0.432. The number of hydrogen-bond acceptors (Lipinski definition) is 4. The molecule has 0 saturated heterocycles. The summed E-state index contributed by atoms with van der Waals surface area (Å²) in [5.41, 5.74) is 5.36. The second kappa shape index (κ2) is 8.88. The third-order valence-corrected chi connectivity index (χ3v) is 4.14. The quantitative estimate of drug-likeness (QED) is 0.335. The maximum atomic E-state index is 12.1. The number of halogens is 1. The van der Waals surface area contributed by atoms with E-state index >= 15 is 0 Å². The molecule has 0 aliphatic carbocycles. The number of hydrogen-bond donors (Lipinski definition) is 3. The molecule has 3 aromatic rings. The highest BCUT2D eigenvalue weighted by molar-refractivity contribution is 6.32. The molecule has 0 spiro atoms. The van der Waals surface area contributed by atoms with Gasteiger partial charge in [-0.05, 0) is 53.1 Å². The van der Waals surface area contributed by atoms with Crippen LogP contribution in [-0.4, -0.2) is 22.3 Å². The van der Waals surface area contributed by atoms with E-state index in [9.17, 15) is 15.0 Å². The van der Waals surface area contributed by atoms with Crippen LogP contribution in [0.4, 0.5) is 0 Å². The van der Waals surface area contributed by atoms with E-state index in [1.807, 2.05) is 42.5 Å². The molecule has 0 aliphatic heterocycles. The second-order valence-electron chi connectivity index (χ2n) is 5.96. The summed E-state index contributed by atoms with van der Waals surface area (Å²) in [4.78, 5) is 12.1. The first-order valence-corrected chi connectivity index (χ1v) is 8.78. The van der Waals surface area contributed by atoms with Crippen molar-refractivity contribution in [2.45, 2.75) is 0 Å². The molecule has 140 valence electrons. The fraction of sp³-hybridized carbons (Fsp3) is 0. The molecule has 0 aliphatic rings. The van der Waals surface area contributed by atoms with Gasteiger partial charge in [0.15, 0.2) is 0 Å². The standard InChI is InChI=1S/C22H17ClN2O3/c23-20-13-18(9-10-21(20)27)22(28)25-24-14-17-5-1-3-15(11-17)7-8-16-4-2-6-19(26)12-16/h1-14,26-27H,(H,25,28)/b8-7+,24-14+. The molecule has 28 heavy (non-hydrogen) atoms. The predicted octanol–water partition coefficient (Wildman–Crippen LogP) is 4.69. The van der Waals surface area contributed by atoms with Crippen LogP contribution in [0.3, 0.4) is 0 Å². The van der Waals surface area contributed by atoms with Crippen molar-refractivity contribution in [1.82, 2.24) is 5.43 Å². The van der Waals surface area contributed by atoms with Gasteiger partial charge in [0.25, 0.3) is 5.91 Å². The molecule has 1 amide bonds. The van der Waals surface area contributed by atoms with Gasteiger partial charge in [0.05, 0.1) is 11.2 Å². The van der Waals surface area contributed by atoms with E-state index in [1.165, 1.54) is 24.4 Å². The lowest BCUT2D eigenvalue weighted by Gasteiger charge is -2.02. The van der Waals surface area contributed by atoms with Gasteiger partial charge in [-0.2, -0.15) is 5.10 Å². The van der Waals surface area contributed by atoms with Crippen LogP contribution in [-0.2, 0) is 0 Å². The van der Waals surface area contributed by atoms with Crippen LogP contribution in [0.5, 0.6) is 11.5 Å². The van der Waals surface area contributed by atoms with E-state index in [4.69, 9.17) is 11.6 Å². The molecule has 3 aromatic carbocycles. The minimum Gasteiger partial charge on any atom is -0.508 e. The molecule has 6 heteroatoms. The SMILES string of the molecule is O=C(N/N=C/c1cccc(/C=C/c2cccc(O)c2)c1)c1ccc(O)c(Cl)c1. The summed E-state index contributed by atoms with van der Waals surface area (Å²) in [6, 6.07) is 18.7. The third kappa shape index (κ3) is 5.22. The van der Waals surface area contributed by atoms with Gasteiger partial charge in [-0.25, -0.2) is 5.43 Å². The number of amides is 1. The molecule has 0 aromatic heterocycles. The number of carbonyl (C=O) groups is 1. The van der Waals surface area contributed by atoms with E-state index in [0.717, 1.165) is 16.7 Å². The Morgan fingerprint density at radius 1 is 0.893 bits per heavy atom. The molecular formula is C22H17ClN2O3. The van der Waals surface area contributed by atoms with Gasteiger partial charge in [0, 0.05) is 5.56 Å². The number of benzene rings is 3. The Bertz CT molecular complexity index is 1060. The monoisotopic (exact) mass is 392 g/mol. The Labute approximate surface area is 167 Å². The van der Waals surface area contributed by atoms with Crippen molar-refractivity contribution >= 4 is 35.9 Å². The largest absolute Gasteiger partial charge is 0.508 e. The van der Waals surface area contributed by atoms with Crippen molar-refractivity contribution < 1.29 is 15.0 Å². The third-order valence-electron chi connectivity index (χ3n) is 3.84. The first-order valence-electron chi connectivity index (χ1n) is 8.40. The smallest absolute Gasteiger partial charge is 0.271 e. The highest BCUT2D eigenvalue weighted by Gasteiger charge is 2.07. The Morgan fingerprint density at radius 3 is 2.29 bits per heavy atom. The number of aromatic hydroxyl groups is 2. The number of nitrogens with zero attached hydrogens (tertiary/aromatic N) is 1. The first-order chi connectivity index (χ1) is 13.5. The molecule has 0 fully saturated rings. The summed E-state index contributed by atoms with van der Waals surface area (Å²) in [7, 11) is 0. The average molecular weight is 393 g/mol. The molecule has 0 radical (unpaired) electrons. The Kier molecular flexibility index (Phi) is 6.09. The van der Waals surface area contributed by atoms with Crippen LogP contribution in [0, 0.1) is 0 Å². The lowest BCUT2D eigenvalue weighted by molar-refractivity contribution is 0.0955. The summed E-state index contributed by atoms with van der Waals surface area (Å²) >= 11 is 5.80. The number of carbonyl (C=O) groups excluding carboxylic acids is 1. The van der Waals surface area contributed by atoms with E-state index in [0.29, 0.717) is 5.56 Å². The molecule has 0 saturated carbocycles. The number of phenols is 2. The van der Waals surface area contributed by atoms with Crippen molar-refractivity contribution in [2.75, 3.05) is 0 Å². The van der Waals surface area contributed by atoms with Gasteiger partial charge >= 0.3 is 0 Å². The Hall–Kier alpha value is -3.57. The van der Waals surface area contributed by atoms with E-state index in [1.54, 1.807) is 18.2 Å². The molecule has 0 atom stereocenters. The van der Waals surface area contributed by atoms with Gasteiger partial charge in [0.1, 0.15) is 11.5 Å². The van der Waals surface area contributed by atoms with Crippen molar-refractivity contribution in [3.8, 4) is 11.5 Å². The summed E-state index contributed by atoms with van der Waals surface area (Å²) in [6.45, 7) is 0. The Balaban J connectivity index is 1.65. The van der Waals surface area contributed by atoms with Crippen LogP contribution in [0.1, 0.15) is 27.0 Å². The molecule has 5 nitrogen and oxygen atoms in total. The average Bonchev–Trinajstić information content (AvgIpc) is 2.69.